The van der Waals surface area contributed by atoms with Crippen molar-refractivity contribution < 1.29 is 17.9 Å². The van der Waals surface area contributed by atoms with Crippen molar-refractivity contribution >= 4 is 26.0 Å². The molecule has 102 valence electrons. The van der Waals surface area contributed by atoms with Crippen LogP contribution in [0, 0.1) is 5.82 Å². The van der Waals surface area contributed by atoms with Gasteiger partial charge in [-0.1, -0.05) is 15.9 Å². The molecule has 0 amide bonds. The van der Waals surface area contributed by atoms with Gasteiger partial charge in [-0.25, -0.2) is 17.5 Å². The summed E-state index contributed by atoms with van der Waals surface area (Å²) in [5.41, 5.74) is 5.49. The molecule has 0 heterocycles. The van der Waals surface area contributed by atoms with Gasteiger partial charge in [-0.05, 0) is 25.1 Å². The third-order valence-electron chi connectivity index (χ3n) is 2.31. The van der Waals surface area contributed by atoms with E-state index >= 15 is 0 Å². The number of rotatable bonds is 5. The van der Waals surface area contributed by atoms with Crippen LogP contribution in [0.2, 0.25) is 0 Å². The third-order valence-corrected chi connectivity index (χ3v) is 4.26. The predicted octanol–water partition coefficient (Wildman–Crippen LogP) is 0.575. The van der Waals surface area contributed by atoms with E-state index in [1.807, 2.05) is 0 Å². The largest absolute Gasteiger partial charge is 0.392 e. The minimum absolute atomic E-state index is 0.171. The Labute approximate surface area is 113 Å². The summed E-state index contributed by atoms with van der Waals surface area (Å²) < 4.78 is 39.7. The molecule has 0 aliphatic heterocycles. The lowest BCUT2D eigenvalue weighted by Crippen LogP contribution is -2.43. The van der Waals surface area contributed by atoms with Crippen molar-refractivity contribution in [3.05, 3.63) is 28.5 Å². The van der Waals surface area contributed by atoms with Crippen LogP contribution in [-0.2, 0) is 10.0 Å². The fraction of sp³-hybridized carbons (Fsp3) is 0.400. The minimum atomic E-state index is -3.97. The van der Waals surface area contributed by atoms with Crippen LogP contribution in [-0.4, -0.2) is 32.2 Å². The van der Waals surface area contributed by atoms with Crippen molar-refractivity contribution in [3.8, 4) is 0 Å². The minimum Gasteiger partial charge on any atom is -0.392 e. The summed E-state index contributed by atoms with van der Waals surface area (Å²) in [5.74, 6) is -0.859. The number of nitrogens with one attached hydrogen (secondary N) is 1. The molecule has 0 bridgehead atoms. The Morgan fingerprint density at radius 2 is 2.17 bits per heavy atom. The smallest absolute Gasteiger partial charge is 0.243 e. The van der Waals surface area contributed by atoms with E-state index < -0.39 is 32.9 Å². The summed E-state index contributed by atoms with van der Waals surface area (Å²) in [6, 6.07) is 2.88. The molecule has 4 N–H and O–H groups in total. The zero-order valence-electron chi connectivity index (χ0n) is 9.60. The summed E-state index contributed by atoms with van der Waals surface area (Å²) in [5, 5.41) is 9.14. The van der Waals surface area contributed by atoms with Crippen molar-refractivity contribution in [2.45, 2.75) is 24.0 Å². The highest BCUT2D eigenvalue weighted by atomic mass is 79.9. The van der Waals surface area contributed by atoms with Gasteiger partial charge in [0.25, 0.3) is 0 Å². The van der Waals surface area contributed by atoms with E-state index in [9.17, 15) is 12.8 Å². The van der Waals surface area contributed by atoms with Crippen LogP contribution >= 0.6 is 15.9 Å². The van der Waals surface area contributed by atoms with Crippen molar-refractivity contribution in [2.24, 2.45) is 5.73 Å². The van der Waals surface area contributed by atoms with Crippen molar-refractivity contribution in [3.63, 3.8) is 0 Å². The SMILES string of the molecule is CC(O)C(N)CNS(=O)(=O)c1ccc(Br)cc1F. The molecular formula is C10H14BrFN2O3S. The van der Waals surface area contributed by atoms with Gasteiger partial charge in [0.2, 0.25) is 10.0 Å². The summed E-state index contributed by atoms with van der Waals surface area (Å²) in [6.45, 7) is 1.27. The van der Waals surface area contributed by atoms with Gasteiger partial charge in [0.1, 0.15) is 10.7 Å². The van der Waals surface area contributed by atoms with Gasteiger partial charge < -0.3 is 10.8 Å². The molecule has 0 spiro atoms. The maximum atomic E-state index is 13.5. The summed E-state index contributed by atoms with van der Waals surface area (Å²) in [4.78, 5) is -0.455. The molecule has 0 aliphatic rings. The number of halogens is 2. The fourth-order valence-corrected chi connectivity index (χ4v) is 2.61. The molecule has 18 heavy (non-hydrogen) atoms. The lowest BCUT2D eigenvalue weighted by molar-refractivity contribution is 0.164. The molecule has 1 aromatic carbocycles. The van der Waals surface area contributed by atoms with Crippen molar-refractivity contribution in [2.75, 3.05) is 6.54 Å². The van der Waals surface area contributed by atoms with Crippen molar-refractivity contribution in [1.29, 1.82) is 0 Å². The number of sulfonamides is 1. The van der Waals surface area contributed by atoms with Gasteiger partial charge >= 0.3 is 0 Å². The first kappa shape index (κ1) is 15.5. The standard InChI is InChI=1S/C10H14BrFN2O3S/c1-6(15)9(13)5-14-18(16,17)10-3-2-7(11)4-8(10)12/h2-4,6,9,14-15H,5,13H2,1H3. The summed E-state index contributed by atoms with van der Waals surface area (Å²) in [6.07, 6.45) is -0.859. The van der Waals surface area contributed by atoms with Crippen molar-refractivity contribution in [1.82, 2.24) is 4.72 Å². The average molecular weight is 341 g/mol. The van der Waals surface area contributed by atoms with Gasteiger partial charge in [0, 0.05) is 17.1 Å². The Balaban J connectivity index is 2.87. The molecule has 8 heteroatoms. The normalized spacial score (nSPS) is 15.4. The molecule has 0 aromatic heterocycles. The number of hydrogen-bond acceptors (Lipinski definition) is 4. The zero-order valence-corrected chi connectivity index (χ0v) is 12.0. The first-order valence-corrected chi connectivity index (χ1v) is 7.40. The topological polar surface area (TPSA) is 92.4 Å². The second-order valence-corrected chi connectivity index (χ2v) is 6.48. The Morgan fingerprint density at radius 1 is 1.56 bits per heavy atom. The molecule has 2 atom stereocenters. The van der Waals surface area contributed by atoms with Gasteiger partial charge in [-0.3, -0.25) is 0 Å². The van der Waals surface area contributed by atoms with E-state index in [4.69, 9.17) is 10.8 Å². The molecule has 0 aliphatic carbocycles. The first-order valence-electron chi connectivity index (χ1n) is 5.12. The average Bonchev–Trinajstić information content (AvgIpc) is 2.25. The quantitative estimate of drug-likeness (QED) is 0.730. The lowest BCUT2D eigenvalue weighted by atomic mass is 10.2. The Kier molecular flexibility index (Phi) is 5.23. The van der Waals surface area contributed by atoms with Gasteiger partial charge in [-0.15, -0.1) is 0 Å². The number of nitrogens with two attached hydrogens (primary N) is 1. The summed E-state index contributed by atoms with van der Waals surface area (Å²) in [7, 11) is -3.97. The van der Waals surface area contributed by atoms with Gasteiger partial charge in [0.05, 0.1) is 6.10 Å². The predicted molar refractivity (Wildman–Crippen MR) is 68.9 cm³/mol. The fourth-order valence-electron chi connectivity index (χ4n) is 1.15. The molecule has 0 fully saturated rings. The van der Waals surface area contributed by atoms with E-state index in [-0.39, 0.29) is 6.54 Å². The first-order chi connectivity index (χ1) is 8.24. The lowest BCUT2D eigenvalue weighted by Gasteiger charge is -2.15. The molecule has 1 aromatic rings. The second kappa shape index (κ2) is 6.07. The third kappa shape index (κ3) is 3.99. The van der Waals surface area contributed by atoms with Crippen LogP contribution in [0.5, 0.6) is 0 Å². The van der Waals surface area contributed by atoms with E-state index in [2.05, 4.69) is 20.7 Å². The molecule has 0 saturated heterocycles. The van der Waals surface area contributed by atoms with Gasteiger partial charge in [0.15, 0.2) is 0 Å². The van der Waals surface area contributed by atoms with E-state index in [1.165, 1.54) is 13.0 Å². The second-order valence-electron chi connectivity index (χ2n) is 3.83. The molecule has 5 nitrogen and oxygen atoms in total. The number of aliphatic hydroxyl groups excluding tert-OH is 1. The monoisotopic (exact) mass is 340 g/mol. The molecular weight excluding hydrogens is 327 g/mol. The van der Waals surface area contributed by atoms with E-state index in [0.717, 1.165) is 12.1 Å². The Hall–Kier alpha value is -0.540. The van der Waals surface area contributed by atoms with E-state index in [1.54, 1.807) is 0 Å². The van der Waals surface area contributed by atoms with Crippen LogP contribution in [0.25, 0.3) is 0 Å². The number of aliphatic hydroxyl groups is 1. The Bertz CT molecular complexity index is 522. The highest BCUT2D eigenvalue weighted by molar-refractivity contribution is 9.10. The molecule has 0 radical (unpaired) electrons. The van der Waals surface area contributed by atoms with Crippen LogP contribution in [0.15, 0.2) is 27.6 Å². The molecule has 0 saturated carbocycles. The molecule has 2 unspecified atom stereocenters. The number of hydrogen-bond donors (Lipinski definition) is 3. The highest BCUT2D eigenvalue weighted by Crippen LogP contribution is 2.19. The summed E-state index contributed by atoms with van der Waals surface area (Å²) >= 11 is 3.04. The maximum Gasteiger partial charge on any atom is 0.243 e. The highest BCUT2D eigenvalue weighted by Gasteiger charge is 2.20. The van der Waals surface area contributed by atoms with Crippen LogP contribution in [0.1, 0.15) is 6.92 Å². The number of benzene rings is 1. The van der Waals surface area contributed by atoms with Crippen LogP contribution in [0.3, 0.4) is 0 Å². The molecule has 1 rings (SSSR count). The zero-order chi connectivity index (χ0) is 13.9. The van der Waals surface area contributed by atoms with Crippen LogP contribution in [0.4, 0.5) is 4.39 Å². The maximum absolute atomic E-state index is 13.5. The van der Waals surface area contributed by atoms with Crippen LogP contribution < -0.4 is 10.5 Å². The van der Waals surface area contributed by atoms with Gasteiger partial charge in [-0.2, -0.15) is 0 Å². The van der Waals surface area contributed by atoms with E-state index in [0.29, 0.717) is 4.47 Å². The Morgan fingerprint density at radius 3 is 2.67 bits per heavy atom.